The van der Waals surface area contributed by atoms with Crippen molar-refractivity contribution in [1.82, 2.24) is 14.1 Å². The second-order valence-electron chi connectivity index (χ2n) is 6.30. The molecule has 2 unspecified atom stereocenters. The van der Waals surface area contributed by atoms with E-state index in [1.807, 2.05) is 16.9 Å². The van der Waals surface area contributed by atoms with Crippen LogP contribution < -0.4 is 0 Å². The fourth-order valence-electron chi connectivity index (χ4n) is 3.94. The lowest BCUT2D eigenvalue weighted by atomic mass is 10.00. The zero-order chi connectivity index (χ0) is 16.0. The van der Waals surface area contributed by atoms with Crippen molar-refractivity contribution in [2.24, 2.45) is 0 Å². The molecule has 2 fully saturated rings. The van der Waals surface area contributed by atoms with Crippen LogP contribution >= 0.6 is 15.9 Å². The van der Waals surface area contributed by atoms with Gasteiger partial charge in [0, 0.05) is 18.3 Å². The molecule has 2 atom stereocenters. The molecule has 3 heterocycles. The monoisotopic (exact) mass is 395 g/mol. The molecule has 1 aromatic heterocycles. The van der Waals surface area contributed by atoms with Gasteiger partial charge in [-0.25, -0.2) is 8.42 Å². The predicted octanol–water partition coefficient (Wildman–Crippen LogP) is 3.20. The molecule has 2 saturated heterocycles. The van der Waals surface area contributed by atoms with E-state index in [4.69, 9.17) is 0 Å². The SMILES string of the molecule is O=S(=O)(c1ccccc1)N1C2CCC1CC(n1cc(Br)cn1)C2. The van der Waals surface area contributed by atoms with E-state index in [1.165, 1.54) is 0 Å². The number of aromatic nitrogens is 2. The summed E-state index contributed by atoms with van der Waals surface area (Å²) in [4.78, 5) is 0.400. The number of fused-ring (bicyclic) bond motifs is 2. The maximum Gasteiger partial charge on any atom is 0.243 e. The van der Waals surface area contributed by atoms with E-state index in [0.29, 0.717) is 4.90 Å². The minimum atomic E-state index is -3.40. The average Bonchev–Trinajstić information content (AvgIpc) is 3.10. The first-order valence-corrected chi connectivity index (χ1v) is 10.1. The number of hydrogen-bond donors (Lipinski definition) is 0. The summed E-state index contributed by atoms with van der Waals surface area (Å²) in [5.74, 6) is 0. The Labute approximate surface area is 144 Å². The van der Waals surface area contributed by atoms with Gasteiger partial charge in [-0.05, 0) is 53.7 Å². The van der Waals surface area contributed by atoms with Crippen LogP contribution in [0.4, 0.5) is 0 Å². The lowest BCUT2D eigenvalue weighted by Crippen LogP contribution is -2.46. The van der Waals surface area contributed by atoms with Gasteiger partial charge < -0.3 is 0 Å². The molecule has 1 aromatic carbocycles. The molecule has 5 nitrogen and oxygen atoms in total. The molecule has 0 amide bonds. The molecule has 23 heavy (non-hydrogen) atoms. The minimum Gasteiger partial charge on any atom is -0.268 e. The number of benzene rings is 1. The van der Waals surface area contributed by atoms with Crippen LogP contribution in [0.2, 0.25) is 0 Å². The van der Waals surface area contributed by atoms with Crippen LogP contribution in [0.5, 0.6) is 0 Å². The van der Waals surface area contributed by atoms with Gasteiger partial charge in [0.25, 0.3) is 0 Å². The molecule has 0 N–H and O–H groups in total. The van der Waals surface area contributed by atoms with Crippen LogP contribution in [0.25, 0.3) is 0 Å². The van der Waals surface area contributed by atoms with Gasteiger partial charge in [-0.3, -0.25) is 4.68 Å². The van der Waals surface area contributed by atoms with E-state index in [2.05, 4.69) is 21.0 Å². The molecule has 2 aromatic rings. The van der Waals surface area contributed by atoms with Crippen LogP contribution in [0.3, 0.4) is 0 Å². The van der Waals surface area contributed by atoms with Crippen LogP contribution in [0, 0.1) is 0 Å². The molecule has 7 heteroatoms. The zero-order valence-corrected chi connectivity index (χ0v) is 14.9. The maximum absolute atomic E-state index is 13.0. The second kappa shape index (κ2) is 5.72. The van der Waals surface area contributed by atoms with E-state index in [-0.39, 0.29) is 18.1 Å². The van der Waals surface area contributed by atoms with Crippen LogP contribution in [0.1, 0.15) is 31.7 Å². The highest BCUT2D eigenvalue weighted by Crippen LogP contribution is 2.43. The van der Waals surface area contributed by atoms with Crippen molar-refractivity contribution in [1.29, 1.82) is 0 Å². The van der Waals surface area contributed by atoms with Crippen molar-refractivity contribution < 1.29 is 8.42 Å². The fraction of sp³-hybridized carbons (Fsp3) is 0.438. The first kappa shape index (κ1) is 15.4. The van der Waals surface area contributed by atoms with E-state index < -0.39 is 10.0 Å². The third-order valence-electron chi connectivity index (χ3n) is 4.90. The number of rotatable bonds is 3. The first-order valence-electron chi connectivity index (χ1n) is 7.84. The van der Waals surface area contributed by atoms with Crippen molar-refractivity contribution in [3.8, 4) is 0 Å². The van der Waals surface area contributed by atoms with Crippen LogP contribution in [-0.2, 0) is 10.0 Å². The van der Waals surface area contributed by atoms with E-state index >= 15 is 0 Å². The van der Waals surface area contributed by atoms with Crippen molar-refractivity contribution in [2.45, 2.75) is 48.7 Å². The molecule has 0 spiro atoms. The Balaban J connectivity index is 1.62. The molecule has 0 saturated carbocycles. The quantitative estimate of drug-likeness (QED) is 0.801. The van der Waals surface area contributed by atoms with Gasteiger partial charge in [0.1, 0.15) is 0 Å². The lowest BCUT2D eigenvalue weighted by Gasteiger charge is -2.37. The van der Waals surface area contributed by atoms with Crippen molar-refractivity contribution >= 4 is 26.0 Å². The number of halogens is 1. The molecule has 2 aliphatic rings. The van der Waals surface area contributed by atoms with Crippen molar-refractivity contribution in [2.75, 3.05) is 0 Å². The highest BCUT2D eigenvalue weighted by Gasteiger charge is 2.47. The van der Waals surface area contributed by atoms with Gasteiger partial charge in [-0.2, -0.15) is 9.40 Å². The van der Waals surface area contributed by atoms with Gasteiger partial charge in [-0.15, -0.1) is 0 Å². The van der Waals surface area contributed by atoms with E-state index in [1.54, 1.807) is 34.8 Å². The molecule has 2 aliphatic heterocycles. The standard InChI is InChI=1S/C16H18BrN3O2S/c17-12-10-18-19(11-12)15-8-13-6-7-14(9-15)20(13)23(21,22)16-4-2-1-3-5-16/h1-5,10-11,13-15H,6-9H2. The number of sulfonamides is 1. The molecular formula is C16H18BrN3O2S. The summed E-state index contributed by atoms with van der Waals surface area (Å²) in [6.45, 7) is 0. The number of nitrogens with zero attached hydrogens (tertiary/aromatic N) is 3. The van der Waals surface area contributed by atoms with Gasteiger partial charge in [0.05, 0.1) is 21.6 Å². The normalized spacial score (nSPS) is 28.1. The summed E-state index contributed by atoms with van der Waals surface area (Å²) in [5.41, 5.74) is 0. The Kier molecular flexibility index (Phi) is 3.82. The Morgan fingerprint density at radius 1 is 1.04 bits per heavy atom. The maximum atomic E-state index is 13.0. The zero-order valence-electron chi connectivity index (χ0n) is 12.5. The summed E-state index contributed by atoms with van der Waals surface area (Å²) >= 11 is 3.43. The molecule has 4 rings (SSSR count). The summed E-state index contributed by atoms with van der Waals surface area (Å²) in [6, 6.07) is 9.21. The minimum absolute atomic E-state index is 0.0759. The van der Waals surface area contributed by atoms with E-state index in [9.17, 15) is 8.42 Å². The first-order chi connectivity index (χ1) is 11.1. The van der Waals surface area contributed by atoms with Crippen LogP contribution in [-0.4, -0.2) is 34.6 Å². The van der Waals surface area contributed by atoms with Crippen molar-refractivity contribution in [3.05, 3.63) is 47.2 Å². The summed E-state index contributed by atoms with van der Waals surface area (Å²) in [6.07, 6.45) is 7.30. The van der Waals surface area contributed by atoms with Gasteiger partial charge in [0.15, 0.2) is 0 Å². The highest BCUT2D eigenvalue weighted by molar-refractivity contribution is 9.10. The van der Waals surface area contributed by atoms with Gasteiger partial charge in [-0.1, -0.05) is 18.2 Å². The largest absolute Gasteiger partial charge is 0.268 e. The molecule has 122 valence electrons. The second-order valence-corrected chi connectivity index (χ2v) is 9.06. The summed E-state index contributed by atoms with van der Waals surface area (Å²) in [5, 5.41) is 4.38. The third-order valence-corrected chi connectivity index (χ3v) is 7.33. The topological polar surface area (TPSA) is 55.2 Å². The number of hydrogen-bond acceptors (Lipinski definition) is 3. The summed E-state index contributed by atoms with van der Waals surface area (Å²) in [7, 11) is -3.40. The Morgan fingerprint density at radius 2 is 1.70 bits per heavy atom. The fourth-order valence-corrected chi connectivity index (χ4v) is 6.16. The van der Waals surface area contributed by atoms with Gasteiger partial charge in [0.2, 0.25) is 10.0 Å². The van der Waals surface area contributed by atoms with Crippen LogP contribution in [0.15, 0.2) is 52.1 Å². The average molecular weight is 396 g/mol. The Bertz CT molecular complexity index is 792. The molecule has 0 radical (unpaired) electrons. The smallest absolute Gasteiger partial charge is 0.243 e. The molecular weight excluding hydrogens is 378 g/mol. The van der Waals surface area contributed by atoms with Gasteiger partial charge >= 0.3 is 0 Å². The van der Waals surface area contributed by atoms with Crippen molar-refractivity contribution in [3.63, 3.8) is 0 Å². The Morgan fingerprint density at radius 3 is 2.26 bits per heavy atom. The molecule has 0 aliphatic carbocycles. The Hall–Kier alpha value is -1.18. The van der Waals surface area contributed by atoms with E-state index in [0.717, 1.165) is 30.2 Å². The summed E-state index contributed by atoms with van der Waals surface area (Å²) < 4.78 is 30.7. The lowest BCUT2D eigenvalue weighted by molar-refractivity contribution is 0.185. The third kappa shape index (κ3) is 2.64. The number of piperidine rings is 1. The predicted molar refractivity (Wildman–Crippen MR) is 90.5 cm³/mol. The molecule has 2 bridgehead atoms. The highest BCUT2D eigenvalue weighted by atomic mass is 79.9.